The van der Waals surface area contributed by atoms with Gasteiger partial charge in [0.2, 0.25) is 0 Å². The second-order valence-electron chi connectivity index (χ2n) is 5.35. The van der Waals surface area contributed by atoms with E-state index in [0.717, 1.165) is 12.8 Å². The van der Waals surface area contributed by atoms with E-state index >= 15 is 0 Å². The molecule has 0 heterocycles. The molecule has 0 saturated heterocycles. The van der Waals surface area contributed by atoms with Gasteiger partial charge in [-0.1, -0.05) is 71.6 Å². The summed E-state index contributed by atoms with van der Waals surface area (Å²) in [5.74, 6) is 0. The molecule has 1 N–H and O–H groups in total. The van der Waals surface area contributed by atoms with Crippen molar-refractivity contribution in [3.8, 4) is 0 Å². The zero-order chi connectivity index (χ0) is 15.1. The van der Waals surface area contributed by atoms with Gasteiger partial charge in [-0.05, 0) is 12.8 Å². The second-order valence-corrected chi connectivity index (χ2v) is 6.79. The van der Waals surface area contributed by atoms with Crippen molar-refractivity contribution in [2.24, 2.45) is 0 Å². The van der Waals surface area contributed by atoms with Crippen LogP contribution in [0.3, 0.4) is 0 Å². The van der Waals surface area contributed by atoms with E-state index in [2.05, 4.69) is 11.6 Å². The van der Waals surface area contributed by atoms with Crippen molar-refractivity contribution >= 4 is 39.9 Å². The molecule has 0 atom stereocenters. The number of hydrogen-bond donors (Lipinski definition) is 1. The fraction of sp³-hybridized carbons (Fsp3) is 1.00. The van der Waals surface area contributed by atoms with Gasteiger partial charge in [0.15, 0.2) is 0 Å². The van der Waals surface area contributed by atoms with Crippen molar-refractivity contribution in [1.29, 1.82) is 0 Å². The van der Waals surface area contributed by atoms with Gasteiger partial charge in [-0.25, -0.2) is 0 Å². The van der Waals surface area contributed by atoms with E-state index in [9.17, 15) is 8.42 Å². The van der Waals surface area contributed by atoms with Gasteiger partial charge in [0.05, 0.1) is 6.61 Å². The fourth-order valence-corrected chi connectivity index (χ4v) is 2.91. The van der Waals surface area contributed by atoms with E-state index in [1.54, 1.807) is 0 Å². The quantitative estimate of drug-likeness (QED) is 0.369. The molecule has 4 nitrogen and oxygen atoms in total. The molecule has 6 heteroatoms. The minimum atomic E-state index is -3.50. The van der Waals surface area contributed by atoms with E-state index in [1.165, 1.54) is 51.4 Å². The number of nitrogens with one attached hydrogen (secondary N) is 1. The third kappa shape index (κ3) is 18.8. The molecule has 0 aliphatic heterocycles. The van der Waals surface area contributed by atoms with Gasteiger partial charge >= 0.3 is 39.9 Å². The van der Waals surface area contributed by atoms with Gasteiger partial charge < -0.3 is 0 Å². The normalized spacial score (nSPS) is 11.3. The zero-order valence-electron chi connectivity index (χ0n) is 13.3. The Morgan fingerprint density at radius 1 is 0.762 bits per heavy atom. The predicted molar refractivity (Wildman–Crippen MR) is 92.2 cm³/mol. The van der Waals surface area contributed by atoms with Crippen molar-refractivity contribution in [2.45, 2.75) is 84.5 Å². The van der Waals surface area contributed by atoms with Gasteiger partial charge in [-0.2, -0.15) is 13.1 Å². The van der Waals surface area contributed by atoms with Crippen molar-refractivity contribution < 1.29 is 12.6 Å². The Bertz CT molecular complexity index is 297. The summed E-state index contributed by atoms with van der Waals surface area (Å²) < 4.78 is 29.8. The molecular weight excluding hydrogens is 297 g/mol. The third-order valence-electron chi connectivity index (χ3n) is 3.25. The first-order valence-electron chi connectivity index (χ1n) is 8.26. The minimum absolute atomic E-state index is 0. The maximum absolute atomic E-state index is 11.3. The van der Waals surface area contributed by atoms with Crippen molar-refractivity contribution in [3.63, 3.8) is 0 Å². The predicted octanol–water partition coefficient (Wildman–Crippen LogP) is 3.52. The van der Waals surface area contributed by atoms with Crippen molar-refractivity contribution in [2.75, 3.05) is 13.2 Å². The van der Waals surface area contributed by atoms with Crippen LogP contribution >= 0.6 is 0 Å². The van der Waals surface area contributed by atoms with E-state index in [4.69, 9.17) is 4.18 Å². The van der Waals surface area contributed by atoms with Crippen LogP contribution in [0.15, 0.2) is 0 Å². The number of rotatable bonds is 15. The molecule has 124 valence electrons. The molecule has 0 unspecified atom stereocenters. The van der Waals surface area contributed by atoms with Crippen molar-refractivity contribution in [1.82, 2.24) is 4.72 Å². The number of unbranched alkanes of at least 4 members (excludes halogenated alkanes) is 9. The van der Waals surface area contributed by atoms with Crippen LogP contribution in [0.2, 0.25) is 0 Å². The molecule has 0 aliphatic rings. The van der Waals surface area contributed by atoms with Crippen molar-refractivity contribution in [3.05, 3.63) is 0 Å². The summed E-state index contributed by atoms with van der Waals surface area (Å²) in [5, 5.41) is 0. The summed E-state index contributed by atoms with van der Waals surface area (Å²) in [6.07, 6.45) is 13.2. The zero-order valence-corrected chi connectivity index (χ0v) is 14.1. The Labute approximate surface area is 154 Å². The van der Waals surface area contributed by atoms with Gasteiger partial charge in [0.25, 0.3) is 0 Å². The first-order valence-corrected chi connectivity index (χ1v) is 9.67. The molecule has 0 bridgehead atoms. The van der Waals surface area contributed by atoms with Gasteiger partial charge in [0, 0.05) is 6.54 Å². The topological polar surface area (TPSA) is 55.4 Å². The van der Waals surface area contributed by atoms with Crippen LogP contribution in [0.1, 0.15) is 84.5 Å². The Kier molecular flexibility index (Phi) is 19.8. The second kappa shape index (κ2) is 17.2. The van der Waals surface area contributed by atoms with E-state index in [-0.39, 0.29) is 36.2 Å². The van der Waals surface area contributed by atoms with Gasteiger partial charge in [-0.3, -0.25) is 4.18 Å². The molecule has 21 heavy (non-hydrogen) atoms. The van der Waals surface area contributed by atoms with Crippen LogP contribution in [-0.4, -0.2) is 51.1 Å². The summed E-state index contributed by atoms with van der Waals surface area (Å²) in [5.41, 5.74) is 0. The van der Waals surface area contributed by atoms with E-state index in [1.807, 2.05) is 6.92 Å². The van der Waals surface area contributed by atoms with Crippen LogP contribution < -0.4 is 4.72 Å². The number of hydrogen-bond acceptors (Lipinski definition) is 3. The van der Waals surface area contributed by atoms with Crippen LogP contribution in [-0.2, 0) is 14.5 Å². The molecule has 0 aliphatic carbocycles. The molecular formula is C15H34NNaO3S. The molecule has 0 amide bonds. The molecule has 0 spiro atoms. The average molecular weight is 331 g/mol. The first-order chi connectivity index (χ1) is 9.62. The van der Waals surface area contributed by atoms with Gasteiger partial charge in [-0.15, -0.1) is 0 Å². The Morgan fingerprint density at radius 2 is 1.24 bits per heavy atom. The monoisotopic (exact) mass is 331 g/mol. The first kappa shape index (κ1) is 24.1. The van der Waals surface area contributed by atoms with Crippen LogP contribution in [0.25, 0.3) is 0 Å². The standard InChI is InChI=1S/C15H33NO3S.Na.H/c1-3-5-6-7-8-9-10-11-12-13-14-16-20(17,18)19-15-4-2;;/h16H,3-15H2,1-2H3;;. The summed E-state index contributed by atoms with van der Waals surface area (Å²) >= 11 is 0. The Hall–Kier alpha value is 0.870. The Balaban J connectivity index is 0. The fourth-order valence-electron chi connectivity index (χ4n) is 2.04. The van der Waals surface area contributed by atoms with Crippen LogP contribution in [0.4, 0.5) is 0 Å². The van der Waals surface area contributed by atoms with Gasteiger partial charge in [0.1, 0.15) is 0 Å². The van der Waals surface area contributed by atoms with Crippen LogP contribution in [0, 0.1) is 0 Å². The summed E-state index contributed by atoms with van der Waals surface area (Å²) in [6.45, 7) is 4.87. The molecule has 0 fully saturated rings. The molecule has 0 radical (unpaired) electrons. The average Bonchev–Trinajstić information content (AvgIpc) is 2.42. The summed E-state index contributed by atoms with van der Waals surface area (Å²) in [4.78, 5) is 0. The van der Waals surface area contributed by atoms with E-state index in [0.29, 0.717) is 13.0 Å². The molecule has 0 rings (SSSR count). The summed E-state index contributed by atoms with van der Waals surface area (Å²) in [6, 6.07) is 0. The van der Waals surface area contributed by atoms with E-state index < -0.39 is 10.3 Å². The summed E-state index contributed by atoms with van der Waals surface area (Å²) in [7, 11) is -3.50. The molecule has 0 aromatic rings. The SMILES string of the molecule is CCCCCCCCCCCCNS(=O)(=O)OCCC.[NaH]. The maximum atomic E-state index is 11.3. The Morgan fingerprint density at radius 3 is 1.71 bits per heavy atom. The van der Waals surface area contributed by atoms with Crippen LogP contribution in [0.5, 0.6) is 0 Å². The molecule has 0 aromatic heterocycles. The molecule has 0 saturated carbocycles. The molecule has 0 aromatic carbocycles. The third-order valence-corrected chi connectivity index (χ3v) is 4.29.